The second kappa shape index (κ2) is 59.8. The average molecular weight is 1130 g/mol. The topological polar surface area (TPSA) is 111 Å². The van der Waals surface area contributed by atoms with E-state index in [1.165, 1.54) is 77.0 Å². The first-order valence-corrected chi connectivity index (χ1v) is 33.4. The summed E-state index contributed by atoms with van der Waals surface area (Å²) in [5, 5.41) is 0. The minimum atomic E-state index is -4.65. The van der Waals surface area contributed by atoms with Crippen molar-refractivity contribution in [3.63, 3.8) is 0 Å². The van der Waals surface area contributed by atoms with Gasteiger partial charge in [0.2, 0.25) is 0 Å². The second-order valence-electron chi connectivity index (χ2n) is 22.0. The molecule has 0 spiro atoms. The van der Waals surface area contributed by atoms with Crippen LogP contribution in [0, 0.1) is 0 Å². The van der Waals surface area contributed by atoms with Crippen molar-refractivity contribution in [3.8, 4) is 0 Å². The van der Waals surface area contributed by atoms with Gasteiger partial charge >= 0.3 is 11.9 Å². The molecule has 0 heterocycles. The van der Waals surface area contributed by atoms with E-state index in [9.17, 15) is 19.0 Å². The van der Waals surface area contributed by atoms with E-state index in [0.717, 1.165) is 128 Å². The fourth-order valence-electron chi connectivity index (χ4n) is 8.27. The lowest BCUT2D eigenvalue weighted by Crippen LogP contribution is -2.37. The van der Waals surface area contributed by atoms with Crippen LogP contribution in [0.4, 0.5) is 0 Å². The fraction of sp³-hybridized carbons (Fsp3) is 0.657. The zero-order valence-corrected chi connectivity index (χ0v) is 52.6. The van der Waals surface area contributed by atoms with Crippen LogP contribution in [0.2, 0.25) is 0 Å². The van der Waals surface area contributed by atoms with Gasteiger partial charge in [-0.05, 0) is 116 Å². The maximum atomic E-state index is 12.8. The second-order valence-corrected chi connectivity index (χ2v) is 23.4. The number of allylic oxidation sites excluding steroid dienone is 22. The quantitative estimate of drug-likeness (QED) is 0.0195. The van der Waals surface area contributed by atoms with Crippen molar-refractivity contribution in [2.45, 2.75) is 251 Å². The van der Waals surface area contributed by atoms with Crippen molar-refractivity contribution in [3.05, 3.63) is 134 Å². The van der Waals surface area contributed by atoms with E-state index in [1.54, 1.807) is 0 Å². The Kier molecular flexibility index (Phi) is 56.9. The van der Waals surface area contributed by atoms with Gasteiger partial charge in [-0.15, -0.1) is 0 Å². The molecule has 0 N–H and O–H groups in total. The number of ether oxygens (including phenoxy) is 2. The smallest absolute Gasteiger partial charge is 0.306 e. The highest BCUT2D eigenvalue weighted by atomic mass is 31.2. The zero-order valence-electron chi connectivity index (χ0n) is 51.7. The Morgan fingerprint density at radius 1 is 0.400 bits per heavy atom. The van der Waals surface area contributed by atoms with Crippen LogP contribution in [0.15, 0.2) is 134 Å². The molecule has 10 heteroatoms. The molecule has 0 bridgehead atoms. The summed E-state index contributed by atoms with van der Waals surface area (Å²) in [5.41, 5.74) is 0. The number of carbonyl (C=O) groups excluding carboxylic acids is 2. The maximum absolute atomic E-state index is 12.8. The Balaban J connectivity index is 4.12. The van der Waals surface area contributed by atoms with Gasteiger partial charge in [0.1, 0.15) is 19.8 Å². The molecule has 0 saturated carbocycles. The lowest BCUT2D eigenvalue weighted by Gasteiger charge is -2.28. The van der Waals surface area contributed by atoms with Crippen LogP contribution in [0.5, 0.6) is 0 Å². The molecule has 9 nitrogen and oxygen atoms in total. The van der Waals surface area contributed by atoms with Crippen LogP contribution in [0.3, 0.4) is 0 Å². The molecule has 2 atom stereocenters. The molecule has 0 aliphatic carbocycles. The van der Waals surface area contributed by atoms with Crippen molar-refractivity contribution in [2.24, 2.45) is 0 Å². The van der Waals surface area contributed by atoms with Crippen LogP contribution >= 0.6 is 7.82 Å². The SMILES string of the molecule is CC/C=C\C/C=C\C/C=C\C/C=C\C/C=C\C/C=C\C/C=C\C/C=C\CCCCCCCCCCCCCCC(=O)OC(COC(=O)CCCCCCCC/C=C\C/C=C\C/C=C\CCCCC)COP(=O)([O-])OCC[N+](C)(C)C. The number of quaternary nitrogens is 1. The lowest BCUT2D eigenvalue weighted by atomic mass is 10.0. The summed E-state index contributed by atoms with van der Waals surface area (Å²) >= 11 is 0. The van der Waals surface area contributed by atoms with E-state index in [1.807, 2.05) is 21.1 Å². The van der Waals surface area contributed by atoms with Crippen LogP contribution in [0.25, 0.3) is 0 Å². The highest BCUT2D eigenvalue weighted by molar-refractivity contribution is 7.45. The Labute approximate surface area is 491 Å². The molecule has 0 aromatic heterocycles. The van der Waals surface area contributed by atoms with Crippen LogP contribution in [-0.2, 0) is 32.7 Å². The molecule has 0 fully saturated rings. The molecule has 80 heavy (non-hydrogen) atoms. The zero-order chi connectivity index (χ0) is 58.4. The average Bonchev–Trinajstić information content (AvgIpc) is 3.42. The number of likely N-dealkylation sites (N-methyl/N-ethyl adjacent to an activating group) is 1. The van der Waals surface area contributed by atoms with E-state index in [0.29, 0.717) is 23.9 Å². The highest BCUT2D eigenvalue weighted by Crippen LogP contribution is 2.38. The third-order valence-corrected chi connectivity index (χ3v) is 14.1. The molecule has 2 unspecified atom stereocenters. The van der Waals surface area contributed by atoms with Crippen molar-refractivity contribution in [1.29, 1.82) is 0 Å². The number of phosphoric ester groups is 1. The lowest BCUT2D eigenvalue weighted by molar-refractivity contribution is -0.870. The van der Waals surface area contributed by atoms with Crippen molar-refractivity contribution in [1.82, 2.24) is 0 Å². The maximum Gasteiger partial charge on any atom is 0.306 e. The number of carbonyl (C=O) groups is 2. The van der Waals surface area contributed by atoms with E-state index < -0.39 is 32.5 Å². The molecule has 0 radical (unpaired) electrons. The summed E-state index contributed by atoms with van der Waals surface area (Å²) in [6.45, 7) is 4.07. The van der Waals surface area contributed by atoms with Crippen LogP contribution in [-0.4, -0.2) is 70.0 Å². The summed E-state index contributed by atoms with van der Waals surface area (Å²) in [6, 6.07) is 0. The van der Waals surface area contributed by atoms with Gasteiger partial charge in [-0.2, -0.15) is 0 Å². The Hall–Kier alpha value is -3.85. The van der Waals surface area contributed by atoms with Gasteiger partial charge in [0.15, 0.2) is 6.10 Å². The number of esters is 2. The summed E-state index contributed by atoms with van der Waals surface area (Å²) < 4.78 is 34.2. The van der Waals surface area contributed by atoms with Crippen molar-refractivity contribution < 1.29 is 42.1 Å². The summed E-state index contributed by atoms with van der Waals surface area (Å²) in [5.74, 6) is -0.855. The van der Waals surface area contributed by atoms with E-state index in [-0.39, 0.29) is 26.1 Å². The van der Waals surface area contributed by atoms with Gasteiger partial charge in [-0.3, -0.25) is 14.2 Å². The molecule has 0 aliphatic rings. The summed E-state index contributed by atoms with van der Waals surface area (Å²) in [6.07, 6.45) is 86.5. The Morgan fingerprint density at radius 3 is 1.06 bits per heavy atom. The summed E-state index contributed by atoms with van der Waals surface area (Å²) in [7, 11) is 1.14. The predicted molar refractivity (Wildman–Crippen MR) is 341 cm³/mol. The number of hydrogen-bond acceptors (Lipinski definition) is 8. The van der Waals surface area contributed by atoms with E-state index >= 15 is 0 Å². The molecule has 0 aromatic carbocycles. The molecule has 0 rings (SSSR count). The normalized spacial score (nSPS) is 14.1. The molecule has 0 aromatic rings. The standard InChI is InChI=1S/C70H118NO8P/c1-6-8-10-12-14-16-18-20-22-24-26-27-28-29-30-31-32-33-34-35-36-37-38-39-40-41-42-43-45-47-49-51-53-55-57-59-61-63-70(73)79-68(67-78-80(74,75)77-65-64-71(3,4)5)66-76-69(72)62-60-58-56-54-52-50-48-46-44-25-23-21-19-17-15-13-11-9-7-2/h8,10,14-17,20-23,26-27,29-30,32-33,35-36,38-39,44,46,68H,6-7,9,11-13,18-19,24-25,28,31,34,37,40-43,45,47-67H2,1-5H3/b10-8-,16-14-,17-15-,22-20-,23-21-,27-26-,30-29-,33-32-,36-35-,39-38-,46-44-. The van der Waals surface area contributed by atoms with Gasteiger partial charge in [0, 0.05) is 12.8 Å². The van der Waals surface area contributed by atoms with Crippen molar-refractivity contribution >= 4 is 19.8 Å². The molecule has 0 amide bonds. The Morgan fingerprint density at radius 2 is 0.713 bits per heavy atom. The van der Waals surface area contributed by atoms with E-state index in [4.69, 9.17) is 18.5 Å². The minimum absolute atomic E-state index is 0.0395. The van der Waals surface area contributed by atoms with Crippen molar-refractivity contribution in [2.75, 3.05) is 47.5 Å². The number of rotatable bonds is 57. The van der Waals surface area contributed by atoms with Gasteiger partial charge < -0.3 is 27.9 Å². The predicted octanol–water partition coefficient (Wildman–Crippen LogP) is 19.9. The molecular weight excluding hydrogens is 1010 g/mol. The van der Waals surface area contributed by atoms with E-state index in [2.05, 4.69) is 148 Å². The Bertz CT molecular complexity index is 1810. The largest absolute Gasteiger partial charge is 0.756 e. The first-order chi connectivity index (χ1) is 39.0. The molecule has 0 saturated heterocycles. The monoisotopic (exact) mass is 1130 g/mol. The third-order valence-electron chi connectivity index (χ3n) is 13.2. The van der Waals surface area contributed by atoms with Gasteiger partial charge in [-0.25, -0.2) is 0 Å². The van der Waals surface area contributed by atoms with Crippen LogP contribution < -0.4 is 4.89 Å². The van der Waals surface area contributed by atoms with Crippen LogP contribution in [0.1, 0.15) is 245 Å². The van der Waals surface area contributed by atoms with Gasteiger partial charge in [0.05, 0.1) is 27.7 Å². The molecule has 456 valence electrons. The molecular formula is C70H118NO8P. The fourth-order valence-corrected chi connectivity index (χ4v) is 9.00. The summed E-state index contributed by atoms with van der Waals surface area (Å²) in [4.78, 5) is 37.9. The number of nitrogens with zero attached hydrogens (tertiary/aromatic N) is 1. The first kappa shape index (κ1) is 76.1. The minimum Gasteiger partial charge on any atom is -0.756 e. The number of unbranched alkanes of at least 4 members (excludes halogenated alkanes) is 21. The first-order valence-electron chi connectivity index (χ1n) is 31.9. The number of hydrogen-bond donors (Lipinski definition) is 0. The number of phosphoric acid groups is 1. The molecule has 0 aliphatic heterocycles. The van der Waals surface area contributed by atoms with Gasteiger partial charge in [0.25, 0.3) is 7.82 Å². The highest BCUT2D eigenvalue weighted by Gasteiger charge is 2.22. The van der Waals surface area contributed by atoms with Gasteiger partial charge in [-0.1, -0.05) is 250 Å². The third kappa shape index (κ3) is 63.3.